The summed E-state index contributed by atoms with van der Waals surface area (Å²) in [5.41, 5.74) is -0.429. The highest BCUT2D eigenvalue weighted by Gasteiger charge is 2.36. The van der Waals surface area contributed by atoms with Crippen molar-refractivity contribution in [1.29, 1.82) is 0 Å². The molecular formula is C14H24N2O3S2. The Labute approximate surface area is 131 Å². The van der Waals surface area contributed by atoms with E-state index in [9.17, 15) is 8.42 Å². The van der Waals surface area contributed by atoms with E-state index in [2.05, 4.69) is 12.2 Å². The fraction of sp³-hybridized carbons (Fsp3) is 0.714. The molecule has 1 aliphatic rings. The van der Waals surface area contributed by atoms with Gasteiger partial charge in [0.15, 0.2) is 0 Å². The van der Waals surface area contributed by atoms with Gasteiger partial charge in [0.25, 0.3) is 0 Å². The Morgan fingerprint density at radius 1 is 1.48 bits per heavy atom. The summed E-state index contributed by atoms with van der Waals surface area (Å²) in [4.78, 5) is 1.32. The van der Waals surface area contributed by atoms with E-state index in [1.54, 1.807) is 10.4 Å². The summed E-state index contributed by atoms with van der Waals surface area (Å²) in [7, 11) is -3.43. The van der Waals surface area contributed by atoms with Crippen molar-refractivity contribution in [3.63, 3.8) is 0 Å². The average Bonchev–Trinajstić information content (AvgIpc) is 2.87. The third-order valence-electron chi connectivity index (χ3n) is 3.43. The highest BCUT2D eigenvalue weighted by molar-refractivity contribution is 7.89. The molecular weight excluding hydrogens is 308 g/mol. The Morgan fingerprint density at radius 3 is 2.90 bits per heavy atom. The van der Waals surface area contributed by atoms with Crippen molar-refractivity contribution in [3.05, 3.63) is 16.3 Å². The molecule has 0 saturated carbocycles. The number of nitrogens with one attached hydrogen (secondary N) is 1. The molecule has 0 unspecified atom stereocenters. The van der Waals surface area contributed by atoms with Crippen molar-refractivity contribution in [2.24, 2.45) is 0 Å². The number of hydrogen-bond donors (Lipinski definition) is 1. The van der Waals surface area contributed by atoms with Crippen molar-refractivity contribution in [1.82, 2.24) is 9.62 Å². The minimum atomic E-state index is -3.43. The van der Waals surface area contributed by atoms with Crippen LogP contribution in [0.2, 0.25) is 0 Å². The normalized spacial score (nSPS) is 19.8. The van der Waals surface area contributed by atoms with Crippen LogP contribution in [-0.4, -0.2) is 44.6 Å². The minimum absolute atomic E-state index is 0.396. The van der Waals surface area contributed by atoms with Gasteiger partial charge in [-0.15, -0.1) is 11.3 Å². The highest BCUT2D eigenvalue weighted by atomic mass is 32.2. The Balaban J connectivity index is 2.18. The number of thiophene rings is 1. The lowest BCUT2D eigenvalue weighted by Gasteiger charge is -2.37. The van der Waals surface area contributed by atoms with Crippen LogP contribution in [0.5, 0.6) is 0 Å². The molecule has 0 aliphatic carbocycles. The largest absolute Gasteiger partial charge is 0.373 e. The van der Waals surface area contributed by atoms with E-state index in [-0.39, 0.29) is 0 Å². The van der Waals surface area contributed by atoms with Gasteiger partial charge < -0.3 is 10.1 Å². The van der Waals surface area contributed by atoms with Crippen LogP contribution in [0.4, 0.5) is 0 Å². The van der Waals surface area contributed by atoms with Gasteiger partial charge in [-0.1, -0.05) is 6.92 Å². The zero-order valence-electron chi connectivity index (χ0n) is 12.9. The second kappa shape index (κ2) is 6.75. The summed E-state index contributed by atoms with van der Waals surface area (Å²) in [5, 5.41) is 5.12. The maximum Gasteiger partial charge on any atom is 0.244 e. The lowest BCUT2D eigenvalue weighted by Crippen LogP contribution is -2.50. The van der Waals surface area contributed by atoms with E-state index in [4.69, 9.17) is 4.74 Å². The lowest BCUT2D eigenvalue weighted by atomic mass is 10.1. The van der Waals surface area contributed by atoms with E-state index >= 15 is 0 Å². The van der Waals surface area contributed by atoms with E-state index in [0.717, 1.165) is 17.8 Å². The van der Waals surface area contributed by atoms with Crippen LogP contribution in [0.25, 0.3) is 0 Å². The van der Waals surface area contributed by atoms with Gasteiger partial charge in [-0.25, -0.2) is 8.42 Å². The zero-order chi connectivity index (χ0) is 15.5. The van der Waals surface area contributed by atoms with Crippen molar-refractivity contribution >= 4 is 21.4 Å². The molecule has 120 valence electrons. The van der Waals surface area contributed by atoms with Gasteiger partial charge >= 0.3 is 0 Å². The van der Waals surface area contributed by atoms with Crippen LogP contribution in [0.15, 0.2) is 16.3 Å². The molecule has 0 atom stereocenters. The number of ether oxygens (including phenoxy) is 1. The molecule has 0 aromatic carbocycles. The lowest BCUT2D eigenvalue weighted by molar-refractivity contribution is -0.0640. The Hall–Kier alpha value is -0.470. The summed E-state index contributed by atoms with van der Waals surface area (Å²) in [6, 6.07) is 1.71. The molecule has 21 heavy (non-hydrogen) atoms. The average molecular weight is 332 g/mol. The molecule has 1 fully saturated rings. The van der Waals surface area contributed by atoms with E-state index in [1.807, 2.05) is 19.2 Å². The van der Waals surface area contributed by atoms with Gasteiger partial charge in [-0.2, -0.15) is 4.31 Å². The van der Waals surface area contributed by atoms with E-state index in [1.165, 1.54) is 11.3 Å². The molecule has 2 heterocycles. The van der Waals surface area contributed by atoms with Crippen molar-refractivity contribution in [3.8, 4) is 0 Å². The molecule has 1 saturated heterocycles. The number of nitrogens with zero attached hydrogens (tertiary/aromatic N) is 1. The molecule has 0 spiro atoms. The van der Waals surface area contributed by atoms with Gasteiger partial charge in [0.1, 0.15) is 0 Å². The number of rotatable bonds is 6. The molecule has 5 nitrogen and oxygen atoms in total. The quantitative estimate of drug-likeness (QED) is 0.810. The summed E-state index contributed by atoms with van der Waals surface area (Å²) >= 11 is 1.49. The van der Waals surface area contributed by atoms with Crippen LogP contribution >= 0.6 is 11.3 Å². The first-order valence-electron chi connectivity index (χ1n) is 7.28. The minimum Gasteiger partial charge on any atom is -0.373 e. The predicted octanol–water partition coefficient (Wildman–Crippen LogP) is 2.05. The van der Waals surface area contributed by atoms with Crippen molar-refractivity contribution in [2.75, 3.05) is 26.2 Å². The molecule has 0 radical (unpaired) electrons. The Bertz CT molecular complexity index is 567. The molecule has 2 rings (SSSR count). The fourth-order valence-electron chi connectivity index (χ4n) is 2.38. The van der Waals surface area contributed by atoms with E-state index < -0.39 is 15.6 Å². The first-order chi connectivity index (χ1) is 9.87. The van der Waals surface area contributed by atoms with Gasteiger partial charge in [0.05, 0.1) is 17.1 Å². The molecule has 1 aromatic heterocycles. The van der Waals surface area contributed by atoms with Crippen LogP contribution in [-0.2, 0) is 21.3 Å². The van der Waals surface area contributed by atoms with Crippen LogP contribution in [0, 0.1) is 0 Å². The molecule has 1 N–H and O–H groups in total. The second-order valence-electron chi connectivity index (χ2n) is 5.83. The first kappa shape index (κ1) is 16.9. The van der Waals surface area contributed by atoms with Gasteiger partial charge in [-0.3, -0.25) is 0 Å². The SMILES string of the molecule is CCCNCc1sccc1S(=O)(=O)N1CCOC(C)(C)C1. The summed E-state index contributed by atoms with van der Waals surface area (Å²) in [6.07, 6.45) is 1.03. The highest BCUT2D eigenvalue weighted by Crippen LogP contribution is 2.28. The van der Waals surface area contributed by atoms with Gasteiger partial charge in [0, 0.05) is 24.5 Å². The molecule has 7 heteroatoms. The zero-order valence-corrected chi connectivity index (χ0v) is 14.5. The van der Waals surface area contributed by atoms with Crippen LogP contribution < -0.4 is 5.32 Å². The molecule has 1 aromatic rings. The second-order valence-corrected chi connectivity index (χ2v) is 8.74. The fourth-order valence-corrected chi connectivity index (χ4v) is 5.34. The molecule has 0 amide bonds. The topological polar surface area (TPSA) is 58.6 Å². The molecule has 0 bridgehead atoms. The van der Waals surface area contributed by atoms with Gasteiger partial charge in [0.2, 0.25) is 10.0 Å². The van der Waals surface area contributed by atoms with Crippen molar-refractivity contribution in [2.45, 2.75) is 44.2 Å². The summed E-state index contributed by atoms with van der Waals surface area (Å²) in [5.74, 6) is 0. The standard InChI is InChI=1S/C14H24N2O3S2/c1-4-6-15-10-12-13(5-9-20-12)21(17,18)16-7-8-19-14(2,3)11-16/h5,9,15H,4,6-8,10-11H2,1-3H3. The maximum atomic E-state index is 12.8. The monoisotopic (exact) mass is 332 g/mol. The number of sulfonamides is 1. The Kier molecular flexibility index (Phi) is 5.43. The van der Waals surface area contributed by atoms with E-state index in [0.29, 0.717) is 31.1 Å². The summed E-state index contributed by atoms with van der Waals surface area (Å²) in [6.45, 7) is 8.69. The number of hydrogen-bond acceptors (Lipinski definition) is 5. The predicted molar refractivity (Wildman–Crippen MR) is 85.1 cm³/mol. The Morgan fingerprint density at radius 2 is 2.24 bits per heavy atom. The van der Waals surface area contributed by atoms with Crippen molar-refractivity contribution < 1.29 is 13.2 Å². The third kappa shape index (κ3) is 4.04. The maximum absolute atomic E-state index is 12.8. The van der Waals surface area contributed by atoms with Crippen LogP contribution in [0.3, 0.4) is 0 Å². The third-order valence-corrected chi connectivity index (χ3v) is 6.41. The van der Waals surface area contributed by atoms with Gasteiger partial charge in [-0.05, 0) is 38.3 Å². The smallest absolute Gasteiger partial charge is 0.244 e. The van der Waals surface area contributed by atoms with Crippen LogP contribution in [0.1, 0.15) is 32.1 Å². The number of morpholine rings is 1. The first-order valence-corrected chi connectivity index (χ1v) is 9.60. The molecule has 1 aliphatic heterocycles. The summed E-state index contributed by atoms with van der Waals surface area (Å²) < 4.78 is 32.8.